The summed E-state index contributed by atoms with van der Waals surface area (Å²) in [7, 11) is 0. The lowest BCUT2D eigenvalue weighted by molar-refractivity contribution is -0.171. The Hall–Kier alpha value is -2.45. The van der Waals surface area contributed by atoms with Gasteiger partial charge in [-0.3, -0.25) is 14.4 Å². The molecule has 3 aliphatic rings. The fraction of sp³-hybridized carbons (Fsp3) is 0.577. The van der Waals surface area contributed by atoms with Crippen LogP contribution in [0.3, 0.4) is 0 Å². The van der Waals surface area contributed by atoms with Gasteiger partial charge in [0.15, 0.2) is 0 Å². The number of hydrogen-bond acceptors (Lipinski definition) is 4. The topological polar surface area (TPSA) is 63.7 Å². The number of carbonyl (C=O) groups excluding carboxylic acids is 3. The van der Waals surface area contributed by atoms with Gasteiger partial charge < -0.3 is 9.64 Å². The van der Waals surface area contributed by atoms with Crippen LogP contribution >= 0.6 is 0 Å². The lowest BCUT2D eigenvalue weighted by Gasteiger charge is -2.47. The first-order valence-corrected chi connectivity index (χ1v) is 11.1. The zero-order chi connectivity index (χ0) is 22.4. The number of piperidine rings is 1. The lowest BCUT2D eigenvalue weighted by atomic mass is 9.62. The Morgan fingerprint density at radius 2 is 1.61 bits per heavy atom. The second kappa shape index (κ2) is 7.91. The third kappa shape index (κ3) is 3.83. The fourth-order valence-corrected chi connectivity index (χ4v) is 5.61. The molecule has 164 valence electrons. The molecule has 0 unspecified atom stereocenters. The molecule has 2 saturated heterocycles. The predicted octanol–water partition coefficient (Wildman–Crippen LogP) is 3.34. The second-order valence-electron chi connectivity index (χ2n) is 9.96. The average molecular weight is 422 g/mol. The molecule has 1 aromatic rings. The van der Waals surface area contributed by atoms with Crippen LogP contribution in [0.25, 0.3) is 0 Å². The summed E-state index contributed by atoms with van der Waals surface area (Å²) in [6.07, 6.45) is 2.26. The molecule has 0 bridgehead atoms. The molecule has 1 aromatic carbocycles. The van der Waals surface area contributed by atoms with E-state index < -0.39 is 11.3 Å². The SMILES string of the molecule is CC#Cc1cc(C)c(C2C(=O)CC3(CCN(C(=O)C4(C)COC4)CC3)CC2=O)c(C)c1. The minimum absolute atomic E-state index is 0.0240. The highest BCUT2D eigenvalue weighted by Crippen LogP contribution is 2.47. The Morgan fingerprint density at radius 1 is 1.06 bits per heavy atom. The maximum absolute atomic E-state index is 13.3. The quantitative estimate of drug-likeness (QED) is 0.543. The number of carbonyl (C=O) groups is 3. The minimum Gasteiger partial charge on any atom is -0.379 e. The van der Waals surface area contributed by atoms with Gasteiger partial charge in [0.25, 0.3) is 0 Å². The smallest absolute Gasteiger partial charge is 0.233 e. The Kier molecular flexibility index (Phi) is 5.55. The van der Waals surface area contributed by atoms with Crippen LogP contribution in [0.4, 0.5) is 0 Å². The van der Waals surface area contributed by atoms with Crippen LogP contribution in [0.1, 0.15) is 67.7 Å². The molecule has 0 aromatic heterocycles. The average Bonchev–Trinajstić information content (AvgIpc) is 2.68. The molecule has 5 nitrogen and oxygen atoms in total. The second-order valence-corrected chi connectivity index (χ2v) is 9.96. The Bertz CT molecular complexity index is 957. The Balaban J connectivity index is 1.49. The van der Waals surface area contributed by atoms with E-state index in [1.807, 2.05) is 37.8 Å². The standard InChI is InChI=1S/C26H31NO4/c1-5-6-19-11-17(2)22(18(3)12-19)23-20(28)13-26(14-21(23)29)7-9-27(10-8-26)24(30)25(4)15-31-16-25/h11-12,23H,7-10,13-16H2,1-4H3. The van der Waals surface area contributed by atoms with Gasteiger partial charge in [0, 0.05) is 31.5 Å². The molecule has 1 aliphatic carbocycles. The van der Waals surface area contributed by atoms with E-state index in [0.29, 0.717) is 52.0 Å². The summed E-state index contributed by atoms with van der Waals surface area (Å²) in [4.78, 5) is 41.2. The van der Waals surface area contributed by atoms with E-state index in [-0.39, 0.29) is 22.9 Å². The maximum Gasteiger partial charge on any atom is 0.233 e. The molecular formula is C26H31NO4. The molecule has 0 atom stereocenters. The summed E-state index contributed by atoms with van der Waals surface area (Å²) in [5.41, 5.74) is 2.98. The predicted molar refractivity (Wildman–Crippen MR) is 118 cm³/mol. The van der Waals surface area contributed by atoms with E-state index in [1.54, 1.807) is 6.92 Å². The number of ketones is 2. The summed E-state index contributed by atoms with van der Waals surface area (Å²) in [5.74, 6) is 5.49. The number of Topliss-reactive ketones (excluding diaryl/α,β-unsaturated/α-hetero) is 2. The van der Waals surface area contributed by atoms with E-state index >= 15 is 0 Å². The Morgan fingerprint density at radius 3 is 2.06 bits per heavy atom. The molecule has 0 N–H and O–H groups in total. The highest BCUT2D eigenvalue weighted by Gasteiger charge is 2.50. The number of likely N-dealkylation sites (tertiary alicyclic amines) is 1. The van der Waals surface area contributed by atoms with Crippen LogP contribution in [0.2, 0.25) is 0 Å². The van der Waals surface area contributed by atoms with Crippen molar-refractivity contribution in [1.82, 2.24) is 4.90 Å². The number of hydrogen-bond donors (Lipinski definition) is 0. The summed E-state index contributed by atoms with van der Waals surface area (Å²) < 4.78 is 5.24. The largest absolute Gasteiger partial charge is 0.379 e. The van der Waals surface area contributed by atoms with E-state index in [0.717, 1.165) is 22.3 Å². The Labute approximate surface area is 184 Å². The normalized spacial score (nSPS) is 22.6. The highest BCUT2D eigenvalue weighted by atomic mass is 16.5. The van der Waals surface area contributed by atoms with Crippen molar-refractivity contribution in [3.63, 3.8) is 0 Å². The third-order valence-corrected chi connectivity index (χ3v) is 7.36. The van der Waals surface area contributed by atoms with E-state index in [2.05, 4.69) is 11.8 Å². The molecule has 4 rings (SSSR count). The van der Waals surface area contributed by atoms with Gasteiger partial charge in [0.1, 0.15) is 17.5 Å². The molecule has 1 spiro atoms. The summed E-state index contributed by atoms with van der Waals surface area (Å²) in [6.45, 7) is 9.85. The number of benzene rings is 1. The summed E-state index contributed by atoms with van der Waals surface area (Å²) in [6, 6.07) is 3.94. The molecule has 0 radical (unpaired) electrons. The van der Waals surface area contributed by atoms with Crippen LogP contribution in [-0.4, -0.2) is 48.7 Å². The number of aryl methyl sites for hydroxylation is 2. The van der Waals surface area contributed by atoms with Crippen LogP contribution in [-0.2, 0) is 19.1 Å². The lowest BCUT2D eigenvalue weighted by Crippen LogP contribution is -2.56. The van der Waals surface area contributed by atoms with Gasteiger partial charge in [-0.15, -0.1) is 5.92 Å². The van der Waals surface area contributed by atoms with E-state index in [9.17, 15) is 14.4 Å². The zero-order valence-corrected chi connectivity index (χ0v) is 19.0. The van der Waals surface area contributed by atoms with Crippen molar-refractivity contribution < 1.29 is 19.1 Å². The molecular weight excluding hydrogens is 390 g/mol. The minimum atomic E-state index is -0.667. The molecule has 31 heavy (non-hydrogen) atoms. The monoisotopic (exact) mass is 421 g/mol. The zero-order valence-electron chi connectivity index (χ0n) is 19.0. The molecule has 3 fully saturated rings. The van der Waals surface area contributed by atoms with Crippen molar-refractivity contribution in [3.05, 3.63) is 34.4 Å². The fourth-order valence-electron chi connectivity index (χ4n) is 5.61. The molecule has 2 aliphatic heterocycles. The molecule has 2 heterocycles. The van der Waals surface area contributed by atoms with Crippen molar-refractivity contribution >= 4 is 17.5 Å². The summed E-state index contributed by atoms with van der Waals surface area (Å²) in [5, 5.41) is 0. The van der Waals surface area contributed by atoms with Crippen LogP contribution < -0.4 is 0 Å². The number of amides is 1. The van der Waals surface area contributed by atoms with Gasteiger partial charge in [-0.25, -0.2) is 0 Å². The van der Waals surface area contributed by atoms with Crippen LogP contribution in [0.5, 0.6) is 0 Å². The van der Waals surface area contributed by atoms with Crippen molar-refractivity contribution in [2.24, 2.45) is 10.8 Å². The first kappa shape index (κ1) is 21.8. The van der Waals surface area contributed by atoms with Gasteiger partial charge in [0.2, 0.25) is 5.91 Å². The van der Waals surface area contributed by atoms with Crippen molar-refractivity contribution in [2.45, 2.75) is 59.3 Å². The molecule has 1 amide bonds. The van der Waals surface area contributed by atoms with Crippen LogP contribution in [0, 0.1) is 36.5 Å². The van der Waals surface area contributed by atoms with Crippen molar-refractivity contribution in [3.8, 4) is 11.8 Å². The van der Waals surface area contributed by atoms with Crippen LogP contribution in [0.15, 0.2) is 12.1 Å². The van der Waals surface area contributed by atoms with Gasteiger partial charge in [-0.1, -0.05) is 5.92 Å². The number of ether oxygens (including phenoxy) is 1. The summed E-state index contributed by atoms with van der Waals surface area (Å²) >= 11 is 0. The number of nitrogens with zero attached hydrogens (tertiary/aromatic N) is 1. The van der Waals surface area contributed by atoms with E-state index in [1.165, 1.54) is 0 Å². The van der Waals surface area contributed by atoms with E-state index in [4.69, 9.17) is 4.74 Å². The first-order chi connectivity index (χ1) is 14.7. The molecule has 5 heteroatoms. The van der Waals surface area contributed by atoms with Crippen molar-refractivity contribution in [1.29, 1.82) is 0 Å². The van der Waals surface area contributed by atoms with Gasteiger partial charge in [-0.05, 0) is 74.8 Å². The highest BCUT2D eigenvalue weighted by molar-refractivity contribution is 6.10. The molecule has 1 saturated carbocycles. The van der Waals surface area contributed by atoms with Gasteiger partial charge >= 0.3 is 0 Å². The maximum atomic E-state index is 13.3. The van der Waals surface area contributed by atoms with Gasteiger partial charge in [-0.2, -0.15) is 0 Å². The van der Waals surface area contributed by atoms with Crippen molar-refractivity contribution in [2.75, 3.05) is 26.3 Å². The first-order valence-electron chi connectivity index (χ1n) is 11.1. The van der Waals surface area contributed by atoms with Gasteiger partial charge in [0.05, 0.1) is 18.6 Å². The number of rotatable bonds is 2. The third-order valence-electron chi connectivity index (χ3n) is 7.36.